The van der Waals surface area contributed by atoms with Gasteiger partial charge in [-0.25, -0.2) is 4.98 Å². The summed E-state index contributed by atoms with van der Waals surface area (Å²) >= 11 is 9.25. The fourth-order valence-electron chi connectivity index (χ4n) is 1.47. The number of halogens is 2. The topological polar surface area (TPSA) is 34.1 Å². The van der Waals surface area contributed by atoms with Crippen LogP contribution in [0.1, 0.15) is 5.56 Å². The van der Waals surface area contributed by atoms with E-state index < -0.39 is 0 Å². The van der Waals surface area contributed by atoms with E-state index in [0.717, 1.165) is 21.6 Å². The number of hydrogen-bond donors (Lipinski definition) is 1. The molecule has 0 aliphatic carbocycles. The number of aromatic nitrogens is 1. The van der Waals surface area contributed by atoms with Crippen LogP contribution in [0.25, 0.3) is 0 Å². The van der Waals surface area contributed by atoms with E-state index >= 15 is 0 Å². The number of anilines is 1. The molecule has 0 saturated carbocycles. The molecule has 5 heteroatoms. The molecule has 0 aliphatic rings. The fraction of sp³-hybridized carbons (Fsp3) is 0.154. The molecule has 0 spiro atoms. The number of pyridine rings is 1. The summed E-state index contributed by atoms with van der Waals surface area (Å²) in [5.74, 6) is 1.62. The van der Waals surface area contributed by atoms with E-state index in [4.69, 9.17) is 16.3 Å². The average Bonchev–Trinajstić information content (AvgIpc) is 2.38. The van der Waals surface area contributed by atoms with Gasteiger partial charge in [-0.3, -0.25) is 0 Å². The maximum absolute atomic E-state index is 5.83. The van der Waals surface area contributed by atoms with Crippen LogP contribution in [0.15, 0.2) is 41.0 Å². The molecular formula is C13H12BrClN2O. The number of methoxy groups -OCH3 is 1. The minimum atomic E-state index is 0.608. The molecule has 0 atom stereocenters. The van der Waals surface area contributed by atoms with Crippen LogP contribution in [-0.2, 0) is 6.54 Å². The summed E-state index contributed by atoms with van der Waals surface area (Å²) < 4.78 is 5.96. The van der Waals surface area contributed by atoms with Gasteiger partial charge in [0, 0.05) is 12.7 Å². The van der Waals surface area contributed by atoms with Gasteiger partial charge < -0.3 is 10.1 Å². The Morgan fingerprint density at radius 3 is 2.67 bits per heavy atom. The van der Waals surface area contributed by atoms with Gasteiger partial charge in [0.2, 0.25) is 0 Å². The summed E-state index contributed by atoms with van der Waals surface area (Å²) in [5, 5.41) is 3.84. The van der Waals surface area contributed by atoms with Gasteiger partial charge in [-0.15, -0.1) is 0 Å². The van der Waals surface area contributed by atoms with Crippen molar-refractivity contribution in [3.05, 3.63) is 51.6 Å². The smallest absolute Gasteiger partial charge is 0.140 e. The lowest BCUT2D eigenvalue weighted by atomic mass is 10.2. The average molecular weight is 328 g/mol. The predicted octanol–water partition coefficient (Wildman–Crippen LogP) is 4.12. The lowest BCUT2D eigenvalue weighted by Crippen LogP contribution is -2.01. The molecule has 1 aromatic heterocycles. The third-order valence-corrected chi connectivity index (χ3v) is 3.24. The van der Waals surface area contributed by atoms with Crippen molar-refractivity contribution in [2.75, 3.05) is 12.4 Å². The van der Waals surface area contributed by atoms with Crippen LogP contribution in [0.4, 0.5) is 5.82 Å². The van der Waals surface area contributed by atoms with Crippen LogP contribution < -0.4 is 10.1 Å². The quantitative estimate of drug-likeness (QED) is 0.917. The molecule has 1 heterocycles. The molecular weight excluding hydrogens is 316 g/mol. The van der Waals surface area contributed by atoms with Gasteiger partial charge in [0.25, 0.3) is 0 Å². The standard InChI is InChI=1S/C13H12BrClN2O/c1-18-11-4-2-9(3-5-11)7-16-13-12(14)6-10(15)8-17-13/h2-6,8H,7H2,1H3,(H,16,17). The van der Waals surface area contributed by atoms with Crippen LogP contribution in [0, 0.1) is 0 Å². The Hall–Kier alpha value is -1.26. The lowest BCUT2D eigenvalue weighted by Gasteiger charge is -2.08. The summed E-state index contributed by atoms with van der Waals surface area (Å²) in [6.45, 7) is 0.692. The molecule has 2 rings (SSSR count). The van der Waals surface area contributed by atoms with Gasteiger partial charge in [0.1, 0.15) is 11.6 Å². The van der Waals surface area contributed by atoms with E-state index in [0.29, 0.717) is 11.6 Å². The highest BCUT2D eigenvalue weighted by atomic mass is 79.9. The Morgan fingerprint density at radius 1 is 1.33 bits per heavy atom. The molecule has 2 aromatic rings. The van der Waals surface area contributed by atoms with Crippen LogP contribution in [0.5, 0.6) is 5.75 Å². The minimum absolute atomic E-state index is 0.608. The Labute approximate surface area is 119 Å². The van der Waals surface area contributed by atoms with E-state index in [2.05, 4.69) is 26.2 Å². The number of benzene rings is 1. The van der Waals surface area contributed by atoms with Gasteiger partial charge in [0.05, 0.1) is 16.6 Å². The van der Waals surface area contributed by atoms with Crippen LogP contribution in [0.3, 0.4) is 0 Å². The predicted molar refractivity (Wildman–Crippen MR) is 77.3 cm³/mol. The lowest BCUT2D eigenvalue weighted by molar-refractivity contribution is 0.414. The van der Waals surface area contributed by atoms with Crippen molar-refractivity contribution in [1.82, 2.24) is 4.98 Å². The highest BCUT2D eigenvalue weighted by molar-refractivity contribution is 9.10. The second-order valence-electron chi connectivity index (χ2n) is 3.69. The minimum Gasteiger partial charge on any atom is -0.497 e. The number of ether oxygens (including phenoxy) is 1. The van der Waals surface area contributed by atoms with Crippen LogP contribution in [-0.4, -0.2) is 12.1 Å². The van der Waals surface area contributed by atoms with Crippen molar-refractivity contribution in [1.29, 1.82) is 0 Å². The van der Waals surface area contributed by atoms with Gasteiger partial charge in [-0.1, -0.05) is 23.7 Å². The first kappa shape index (κ1) is 13.2. The molecule has 94 valence electrons. The van der Waals surface area contributed by atoms with E-state index in [1.165, 1.54) is 0 Å². The van der Waals surface area contributed by atoms with Crippen molar-refractivity contribution >= 4 is 33.3 Å². The first-order valence-electron chi connectivity index (χ1n) is 5.37. The molecule has 0 unspecified atom stereocenters. The normalized spacial score (nSPS) is 10.2. The molecule has 0 fully saturated rings. The molecule has 0 radical (unpaired) electrons. The van der Waals surface area contributed by atoms with Crippen molar-refractivity contribution in [2.45, 2.75) is 6.54 Å². The molecule has 0 aliphatic heterocycles. The van der Waals surface area contributed by atoms with Gasteiger partial charge in [0.15, 0.2) is 0 Å². The molecule has 1 aromatic carbocycles. The summed E-state index contributed by atoms with van der Waals surface area (Å²) in [5.41, 5.74) is 1.15. The summed E-state index contributed by atoms with van der Waals surface area (Å²) in [6.07, 6.45) is 1.61. The number of nitrogens with zero attached hydrogens (tertiary/aromatic N) is 1. The Balaban J connectivity index is 2.02. The van der Waals surface area contributed by atoms with Crippen molar-refractivity contribution < 1.29 is 4.74 Å². The van der Waals surface area contributed by atoms with E-state index in [1.807, 2.05) is 30.3 Å². The molecule has 0 amide bonds. The van der Waals surface area contributed by atoms with E-state index in [1.54, 1.807) is 13.3 Å². The summed E-state index contributed by atoms with van der Waals surface area (Å²) in [6, 6.07) is 9.69. The van der Waals surface area contributed by atoms with Crippen molar-refractivity contribution in [2.24, 2.45) is 0 Å². The van der Waals surface area contributed by atoms with Gasteiger partial charge in [-0.2, -0.15) is 0 Å². The number of hydrogen-bond acceptors (Lipinski definition) is 3. The number of rotatable bonds is 4. The Kier molecular flexibility index (Phi) is 4.44. The SMILES string of the molecule is COc1ccc(CNc2ncc(Cl)cc2Br)cc1. The molecule has 0 saturated heterocycles. The van der Waals surface area contributed by atoms with E-state index in [9.17, 15) is 0 Å². The largest absolute Gasteiger partial charge is 0.497 e. The van der Waals surface area contributed by atoms with Crippen molar-refractivity contribution in [3.63, 3.8) is 0 Å². The monoisotopic (exact) mass is 326 g/mol. The van der Waals surface area contributed by atoms with Crippen LogP contribution >= 0.6 is 27.5 Å². The Bertz CT molecular complexity index is 531. The first-order chi connectivity index (χ1) is 8.69. The third-order valence-electron chi connectivity index (χ3n) is 2.43. The Morgan fingerprint density at radius 2 is 2.06 bits per heavy atom. The number of nitrogens with one attached hydrogen (secondary N) is 1. The fourth-order valence-corrected chi connectivity index (χ4v) is 2.25. The zero-order valence-corrected chi connectivity index (χ0v) is 12.1. The highest BCUT2D eigenvalue weighted by Crippen LogP contribution is 2.23. The van der Waals surface area contributed by atoms with E-state index in [-0.39, 0.29) is 0 Å². The summed E-state index contributed by atoms with van der Waals surface area (Å²) in [7, 11) is 1.65. The molecule has 18 heavy (non-hydrogen) atoms. The zero-order chi connectivity index (χ0) is 13.0. The zero-order valence-electron chi connectivity index (χ0n) is 9.78. The second kappa shape index (κ2) is 6.07. The highest BCUT2D eigenvalue weighted by Gasteiger charge is 2.02. The van der Waals surface area contributed by atoms with Gasteiger partial charge in [-0.05, 0) is 39.7 Å². The third kappa shape index (κ3) is 3.37. The summed E-state index contributed by atoms with van der Waals surface area (Å²) in [4.78, 5) is 4.21. The maximum atomic E-state index is 5.83. The van der Waals surface area contributed by atoms with Crippen LogP contribution in [0.2, 0.25) is 5.02 Å². The van der Waals surface area contributed by atoms with Crippen molar-refractivity contribution in [3.8, 4) is 5.75 Å². The van der Waals surface area contributed by atoms with Gasteiger partial charge >= 0.3 is 0 Å². The molecule has 3 nitrogen and oxygen atoms in total. The second-order valence-corrected chi connectivity index (χ2v) is 4.98. The molecule has 0 bridgehead atoms. The molecule has 1 N–H and O–H groups in total. The maximum Gasteiger partial charge on any atom is 0.140 e. The first-order valence-corrected chi connectivity index (χ1v) is 6.54.